The van der Waals surface area contributed by atoms with Gasteiger partial charge in [-0.15, -0.1) is 0 Å². The Morgan fingerprint density at radius 3 is 1.52 bits per heavy atom. The van der Waals surface area contributed by atoms with Crippen molar-refractivity contribution in [3.8, 4) is 0 Å². The van der Waals surface area contributed by atoms with Crippen molar-refractivity contribution < 1.29 is 14.6 Å². The van der Waals surface area contributed by atoms with Crippen molar-refractivity contribution in [2.45, 2.75) is 12.0 Å². The summed E-state index contributed by atoms with van der Waals surface area (Å²) in [5.41, 5.74) is 2.99. The van der Waals surface area contributed by atoms with E-state index in [9.17, 15) is 9.90 Å². The summed E-state index contributed by atoms with van der Waals surface area (Å²) in [5.74, 6) is -0.800. The van der Waals surface area contributed by atoms with Gasteiger partial charge in [-0.25, -0.2) is 4.79 Å². The molecule has 3 aromatic rings. The molecule has 0 aliphatic carbocycles. The average molecular weight is 332 g/mol. The van der Waals surface area contributed by atoms with Gasteiger partial charge in [0.15, 0.2) is 0 Å². The molecule has 0 saturated heterocycles. The predicted octanol–water partition coefficient (Wildman–Crippen LogP) is 4.10. The molecule has 0 amide bonds. The summed E-state index contributed by atoms with van der Waals surface area (Å²) in [6, 6.07) is 29.6. The molecule has 1 N–H and O–H groups in total. The number of aliphatic hydroxyl groups excluding tert-OH is 1. The van der Waals surface area contributed by atoms with E-state index in [1.165, 1.54) is 0 Å². The van der Waals surface area contributed by atoms with E-state index in [0.717, 1.165) is 16.7 Å². The van der Waals surface area contributed by atoms with E-state index in [1.807, 2.05) is 91.0 Å². The van der Waals surface area contributed by atoms with Gasteiger partial charge in [0, 0.05) is 0 Å². The molecule has 1 atom stereocenters. The van der Waals surface area contributed by atoms with Crippen LogP contribution in [0.4, 0.5) is 0 Å². The molecule has 126 valence electrons. The van der Waals surface area contributed by atoms with Crippen LogP contribution in [0.3, 0.4) is 0 Å². The van der Waals surface area contributed by atoms with Gasteiger partial charge in [-0.1, -0.05) is 91.0 Å². The fourth-order valence-corrected chi connectivity index (χ4v) is 3.01. The van der Waals surface area contributed by atoms with Gasteiger partial charge < -0.3 is 9.84 Å². The van der Waals surface area contributed by atoms with Gasteiger partial charge in [0.2, 0.25) is 0 Å². The number of hydrogen-bond donors (Lipinski definition) is 1. The van der Waals surface area contributed by atoms with Crippen LogP contribution in [0.2, 0.25) is 0 Å². The minimum Gasteiger partial charge on any atom is -0.455 e. The van der Waals surface area contributed by atoms with Crippen molar-refractivity contribution in [1.82, 2.24) is 0 Å². The molecule has 0 aliphatic rings. The molecule has 0 aromatic heterocycles. The molecule has 25 heavy (non-hydrogen) atoms. The third kappa shape index (κ3) is 4.14. The third-order valence-corrected chi connectivity index (χ3v) is 4.14. The molecule has 3 rings (SSSR count). The van der Waals surface area contributed by atoms with Gasteiger partial charge in [0.05, 0.1) is 5.92 Å². The molecule has 0 spiro atoms. The Morgan fingerprint density at radius 1 is 0.720 bits per heavy atom. The van der Waals surface area contributed by atoms with Gasteiger partial charge in [-0.3, -0.25) is 0 Å². The van der Waals surface area contributed by atoms with Crippen LogP contribution in [0.1, 0.15) is 28.7 Å². The Kier molecular flexibility index (Phi) is 5.60. The number of ether oxygens (including phenoxy) is 1. The molecular formula is C22H20O3. The number of carbonyl (C=O) groups is 1. The third-order valence-electron chi connectivity index (χ3n) is 4.14. The van der Waals surface area contributed by atoms with E-state index in [4.69, 9.17) is 4.74 Å². The van der Waals surface area contributed by atoms with E-state index >= 15 is 0 Å². The van der Waals surface area contributed by atoms with Crippen LogP contribution in [-0.2, 0) is 9.53 Å². The summed E-state index contributed by atoms with van der Waals surface area (Å²) >= 11 is 0. The molecule has 0 aliphatic heterocycles. The number of esters is 1. The highest BCUT2D eigenvalue weighted by Gasteiger charge is 2.29. The summed E-state index contributed by atoms with van der Waals surface area (Å²) in [5, 5.41) is 9.18. The summed E-state index contributed by atoms with van der Waals surface area (Å²) in [6.45, 7) is -0.639. The second-order valence-corrected chi connectivity index (χ2v) is 5.78. The monoisotopic (exact) mass is 332 g/mol. The van der Waals surface area contributed by atoms with E-state index in [1.54, 1.807) is 0 Å². The number of carbonyl (C=O) groups excluding carboxylic acids is 1. The van der Waals surface area contributed by atoms with Crippen molar-refractivity contribution in [2.24, 2.45) is 0 Å². The van der Waals surface area contributed by atoms with Crippen LogP contribution < -0.4 is 0 Å². The first-order valence-corrected chi connectivity index (χ1v) is 8.25. The highest BCUT2D eigenvalue weighted by molar-refractivity contribution is 5.71. The van der Waals surface area contributed by atoms with Crippen LogP contribution in [-0.4, -0.2) is 17.7 Å². The van der Waals surface area contributed by atoms with E-state index < -0.39 is 18.7 Å². The number of hydrogen-bond acceptors (Lipinski definition) is 3. The smallest absolute Gasteiger partial charge is 0.332 e. The number of aliphatic hydroxyl groups is 1. The quantitative estimate of drug-likeness (QED) is 0.692. The normalized spacial score (nSPS) is 11.9. The maximum absolute atomic E-state index is 11.9. The Hall–Kier alpha value is -2.91. The SMILES string of the molecule is O=C(CO)OC(c1ccccc1)C(c1ccccc1)c1ccccc1. The van der Waals surface area contributed by atoms with Crippen LogP contribution in [0.15, 0.2) is 91.0 Å². The Morgan fingerprint density at radius 2 is 1.12 bits per heavy atom. The van der Waals surface area contributed by atoms with Crippen LogP contribution in [0.5, 0.6) is 0 Å². The maximum atomic E-state index is 11.9. The van der Waals surface area contributed by atoms with Crippen molar-refractivity contribution in [1.29, 1.82) is 0 Å². The second kappa shape index (κ2) is 8.27. The van der Waals surface area contributed by atoms with Crippen molar-refractivity contribution >= 4 is 5.97 Å². The standard InChI is InChI=1S/C22H20O3/c23-16-20(24)25-22(19-14-8-3-9-15-19)21(17-10-4-1-5-11-17)18-12-6-2-7-13-18/h1-15,21-23H,16H2. The van der Waals surface area contributed by atoms with E-state index in [-0.39, 0.29) is 5.92 Å². The first-order valence-electron chi connectivity index (χ1n) is 8.25. The van der Waals surface area contributed by atoms with Gasteiger partial charge in [0.1, 0.15) is 12.7 Å². The molecule has 3 heteroatoms. The predicted molar refractivity (Wildman–Crippen MR) is 97.1 cm³/mol. The molecule has 0 fully saturated rings. The van der Waals surface area contributed by atoms with E-state index in [2.05, 4.69) is 0 Å². The lowest BCUT2D eigenvalue weighted by molar-refractivity contribution is -0.153. The minimum atomic E-state index is -0.639. The largest absolute Gasteiger partial charge is 0.455 e. The Balaban J connectivity index is 2.11. The zero-order valence-electron chi connectivity index (χ0n) is 13.8. The lowest BCUT2D eigenvalue weighted by Gasteiger charge is -2.28. The van der Waals surface area contributed by atoms with Gasteiger partial charge >= 0.3 is 5.97 Å². The van der Waals surface area contributed by atoms with Crippen molar-refractivity contribution in [2.75, 3.05) is 6.61 Å². The van der Waals surface area contributed by atoms with Gasteiger partial charge in [-0.05, 0) is 16.7 Å². The number of benzene rings is 3. The summed E-state index contributed by atoms with van der Waals surface area (Å²) in [6.07, 6.45) is -0.523. The summed E-state index contributed by atoms with van der Waals surface area (Å²) in [4.78, 5) is 11.9. The molecule has 0 heterocycles. The Labute approximate surface area is 147 Å². The molecule has 3 aromatic carbocycles. The lowest BCUT2D eigenvalue weighted by Crippen LogP contribution is -2.21. The highest BCUT2D eigenvalue weighted by Crippen LogP contribution is 2.39. The maximum Gasteiger partial charge on any atom is 0.332 e. The van der Waals surface area contributed by atoms with Gasteiger partial charge in [0.25, 0.3) is 0 Å². The van der Waals surface area contributed by atoms with Crippen molar-refractivity contribution in [3.05, 3.63) is 108 Å². The second-order valence-electron chi connectivity index (χ2n) is 5.78. The molecule has 1 unspecified atom stereocenters. The fraction of sp³-hybridized carbons (Fsp3) is 0.136. The average Bonchev–Trinajstić information content (AvgIpc) is 2.69. The molecule has 3 nitrogen and oxygen atoms in total. The first kappa shape index (κ1) is 16.9. The molecule has 0 radical (unpaired) electrons. The van der Waals surface area contributed by atoms with E-state index in [0.29, 0.717) is 0 Å². The minimum absolute atomic E-state index is 0.166. The topological polar surface area (TPSA) is 46.5 Å². The van der Waals surface area contributed by atoms with Crippen LogP contribution in [0, 0.1) is 0 Å². The highest BCUT2D eigenvalue weighted by atomic mass is 16.6. The zero-order chi connectivity index (χ0) is 17.5. The fourth-order valence-electron chi connectivity index (χ4n) is 3.01. The molecule has 0 saturated carbocycles. The van der Waals surface area contributed by atoms with Crippen molar-refractivity contribution in [3.63, 3.8) is 0 Å². The van der Waals surface area contributed by atoms with Gasteiger partial charge in [-0.2, -0.15) is 0 Å². The summed E-state index contributed by atoms with van der Waals surface area (Å²) in [7, 11) is 0. The van der Waals surface area contributed by atoms with Crippen LogP contribution in [0.25, 0.3) is 0 Å². The zero-order valence-corrected chi connectivity index (χ0v) is 13.8. The molecular weight excluding hydrogens is 312 g/mol. The first-order chi connectivity index (χ1) is 12.3. The Bertz CT molecular complexity index is 746. The lowest BCUT2D eigenvalue weighted by atomic mass is 9.83. The van der Waals surface area contributed by atoms with Crippen LogP contribution >= 0.6 is 0 Å². The summed E-state index contributed by atoms with van der Waals surface area (Å²) < 4.78 is 5.67. The molecule has 0 bridgehead atoms. The number of rotatable bonds is 6.